The van der Waals surface area contributed by atoms with Crippen molar-refractivity contribution in [1.29, 1.82) is 0 Å². The lowest BCUT2D eigenvalue weighted by atomic mass is 10.1. The van der Waals surface area contributed by atoms with Gasteiger partial charge in [0.05, 0.1) is 5.52 Å². The Bertz CT molecular complexity index is 652. The van der Waals surface area contributed by atoms with E-state index in [2.05, 4.69) is 60.6 Å². The molecule has 17 heavy (non-hydrogen) atoms. The smallest absolute Gasteiger partial charge is 0.0624 e. The third-order valence-corrected chi connectivity index (χ3v) is 3.27. The van der Waals surface area contributed by atoms with Crippen molar-refractivity contribution in [3.05, 3.63) is 42.5 Å². The molecule has 0 spiro atoms. The highest BCUT2D eigenvalue weighted by Gasteiger charge is 2.08. The number of rotatable bonds is 0. The Morgan fingerprint density at radius 1 is 0.882 bits per heavy atom. The average molecular weight is 243 g/mol. The minimum absolute atomic E-state index is 1.03. The Labute approximate surface area is 107 Å². The van der Waals surface area contributed by atoms with Gasteiger partial charge in [0.1, 0.15) is 0 Å². The SMILES string of the molecule is CC.Cn1c2ccccc2c2cccc(S)c21. The summed E-state index contributed by atoms with van der Waals surface area (Å²) in [5.74, 6) is 0. The van der Waals surface area contributed by atoms with Crippen LogP contribution in [0.5, 0.6) is 0 Å². The van der Waals surface area contributed by atoms with Crippen LogP contribution in [-0.2, 0) is 7.05 Å². The van der Waals surface area contributed by atoms with Crippen molar-refractivity contribution in [3.8, 4) is 0 Å². The number of aromatic nitrogens is 1. The van der Waals surface area contributed by atoms with Crippen LogP contribution in [0.2, 0.25) is 0 Å². The molecule has 1 aromatic heterocycles. The Kier molecular flexibility index (Phi) is 3.43. The van der Waals surface area contributed by atoms with Crippen LogP contribution >= 0.6 is 12.6 Å². The molecule has 0 aliphatic heterocycles. The van der Waals surface area contributed by atoms with Gasteiger partial charge < -0.3 is 4.57 Å². The number of aryl methyl sites for hydroxylation is 1. The summed E-state index contributed by atoms with van der Waals surface area (Å²) in [6.07, 6.45) is 0. The van der Waals surface area contributed by atoms with E-state index in [1.807, 2.05) is 19.9 Å². The Morgan fingerprint density at radius 3 is 2.29 bits per heavy atom. The molecule has 88 valence electrons. The van der Waals surface area contributed by atoms with Crippen LogP contribution in [0, 0.1) is 0 Å². The van der Waals surface area contributed by atoms with Crippen LogP contribution in [0.15, 0.2) is 47.4 Å². The second kappa shape index (κ2) is 4.84. The summed E-state index contributed by atoms with van der Waals surface area (Å²) in [6.45, 7) is 4.00. The van der Waals surface area contributed by atoms with E-state index in [0.29, 0.717) is 0 Å². The van der Waals surface area contributed by atoms with E-state index in [1.165, 1.54) is 21.8 Å². The molecule has 0 atom stereocenters. The molecule has 1 heterocycles. The normalized spacial score (nSPS) is 10.4. The van der Waals surface area contributed by atoms with Gasteiger partial charge in [-0.05, 0) is 12.1 Å². The molecule has 3 rings (SSSR count). The largest absolute Gasteiger partial charge is 0.343 e. The molecule has 0 saturated carbocycles. The summed E-state index contributed by atoms with van der Waals surface area (Å²) >= 11 is 4.51. The first-order valence-electron chi connectivity index (χ1n) is 5.94. The van der Waals surface area contributed by atoms with E-state index >= 15 is 0 Å². The molecule has 0 saturated heterocycles. The molecule has 3 aromatic rings. The van der Waals surface area contributed by atoms with Gasteiger partial charge in [0.15, 0.2) is 0 Å². The summed E-state index contributed by atoms with van der Waals surface area (Å²) in [4.78, 5) is 1.03. The monoisotopic (exact) mass is 243 g/mol. The molecule has 2 aromatic carbocycles. The summed E-state index contributed by atoms with van der Waals surface area (Å²) < 4.78 is 2.20. The maximum Gasteiger partial charge on any atom is 0.0624 e. The summed E-state index contributed by atoms with van der Waals surface area (Å²) in [6, 6.07) is 14.7. The second-order valence-corrected chi connectivity index (χ2v) is 4.23. The fraction of sp³-hybridized carbons (Fsp3) is 0.200. The van der Waals surface area contributed by atoms with Crippen molar-refractivity contribution in [2.24, 2.45) is 7.05 Å². The Balaban J connectivity index is 0.000000514. The molecule has 0 amide bonds. The molecular formula is C15H17NS. The highest BCUT2D eigenvalue weighted by Crippen LogP contribution is 2.31. The zero-order valence-electron chi connectivity index (χ0n) is 10.4. The van der Waals surface area contributed by atoms with Gasteiger partial charge in [0.2, 0.25) is 0 Å². The number of fused-ring (bicyclic) bond motifs is 3. The number of thiol groups is 1. The predicted octanol–water partition coefficient (Wildman–Crippen LogP) is 4.65. The van der Waals surface area contributed by atoms with E-state index in [1.54, 1.807) is 0 Å². The van der Waals surface area contributed by atoms with Crippen LogP contribution in [0.3, 0.4) is 0 Å². The van der Waals surface area contributed by atoms with Crippen molar-refractivity contribution >= 4 is 34.4 Å². The lowest BCUT2D eigenvalue weighted by Gasteiger charge is -1.99. The van der Waals surface area contributed by atoms with E-state index in [0.717, 1.165) is 4.90 Å². The molecular weight excluding hydrogens is 226 g/mol. The van der Waals surface area contributed by atoms with Gasteiger partial charge in [0.25, 0.3) is 0 Å². The summed E-state index contributed by atoms with van der Waals surface area (Å²) in [5, 5.41) is 2.58. The highest BCUT2D eigenvalue weighted by molar-refractivity contribution is 7.80. The van der Waals surface area contributed by atoms with Crippen molar-refractivity contribution in [1.82, 2.24) is 4.57 Å². The zero-order valence-corrected chi connectivity index (χ0v) is 11.3. The van der Waals surface area contributed by atoms with Crippen LogP contribution in [0.1, 0.15) is 13.8 Å². The van der Waals surface area contributed by atoms with Crippen molar-refractivity contribution in [2.45, 2.75) is 18.7 Å². The fourth-order valence-corrected chi connectivity index (χ4v) is 2.57. The van der Waals surface area contributed by atoms with Gasteiger partial charge in [-0.2, -0.15) is 0 Å². The minimum Gasteiger partial charge on any atom is -0.343 e. The van der Waals surface area contributed by atoms with Crippen molar-refractivity contribution in [3.63, 3.8) is 0 Å². The van der Waals surface area contributed by atoms with E-state index < -0.39 is 0 Å². The minimum atomic E-state index is 1.03. The van der Waals surface area contributed by atoms with Crippen LogP contribution in [0.25, 0.3) is 21.8 Å². The standard InChI is InChI=1S/C13H11NS.C2H6/c1-14-11-7-3-2-5-9(11)10-6-4-8-12(15)13(10)14;1-2/h2-8,15H,1H3;1-2H3. The van der Waals surface area contributed by atoms with Crippen LogP contribution < -0.4 is 0 Å². The lowest BCUT2D eigenvalue weighted by molar-refractivity contribution is 1.00. The number of nitrogens with zero attached hydrogens (tertiary/aromatic N) is 1. The number of benzene rings is 2. The molecule has 0 unspecified atom stereocenters. The Morgan fingerprint density at radius 2 is 1.53 bits per heavy atom. The lowest BCUT2D eigenvalue weighted by Crippen LogP contribution is -1.86. The topological polar surface area (TPSA) is 4.93 Å². The van der Waals surface area contributed by atoms with Crippen LogP contribution in [-0.4, -0.2) is 4.57 Å². The third kappa shape index (κ3) is 1.83. The molecule has 0 aliphatic rings. The van der Waals surface area contributed by atoms with E-state index in [9.17, 15) is 0 Å². The van der Waals surface area contributed by atoms with Gasteiger partial charge in [-0.1, -0.05) is 44.2 Å². The predicted molar refractivity (Wildman–Crippen MR) is 79.0 cm³/mol. The molecule has 0 N–H and O–H groups in total. The number of hydrogen-bond acceptors (Lipinski definition) is 1. The highest BCUT2D eigenvalue weighted by atomic mass is 32.1. The summed E-state index contributed by atoms with van der Waals surface area (Å²) in [7, 11) is 2.09. The molecule has 0 radical (unpaired) electrons. The second-order valence-electron chi connectivity index (χ2n) is 3.75. The molecule has 2 heteroatoms. The first-order chi connectivity index (χ1) is 8.29. The van der Waals surface area contributed by atoms with E-state index in [4.69, 9.17) is 0 Å². The third-order valence-electron chi connectivity index (χ3n) is 2.91. The average Bonchev–Trinajstić information content (AvgIpc) is 2.68. The van der Waals surface area contributed by atoms with Crippen molar-refractivity contribution < 1.29 is 0 Å². The van der Waals surface area contributed by atoms with Gasteiger partial charge in [-0.15, -0.1) is 12.6 Å². The Hall–Kier alpha value is -1.41. The molecule has 0 bridgehead atoms. The quantitative estimate of drug-likeness (QED) is 0.549. The number of hydrogen-bond donors (Lipinski definition) is 1. The molecule has 0 fully saturated rings. The molecule has 0 aliphatic carbocycles. The summed E-state index contributed by atoms with van der Waals surface area (Å²) in [5.41, 5.74) is 2.47. The zero-order chi connectivity index (χ0) is 12.4. The molecule has 1 nitrogen and oxygen atoms in total. The fourth-order valence-electron chi connectivity index (χ4n) is 2.22. The van der Waals surface area contributed by atoms with Gasteiger partial charge in [-0.25, -0.2) is 0 Å². The maximum absolute atomic E-state index is 4.51. The first-order valence-corrected chi connectivity index (χ1v) is 6.39. The number of para-hydroxylation sites is 2. The van der Waals surface area contributed by atoms with Gasteiger partial charge >= 0.3 is 0 Å². The van der Waals surface area contributed by atoms with Gasteiger partial charge in [-0.3, -0.25) is 0 Å². The van der Waals surface area contributed by atoms with E-state index in [-0.39, 0.29) is 0 Å². The maximum atomic E-state index is 4.51. The van der Waals surface area contributed by atoms with Gasteiger partial charge in [0, 0.05) is 28.2 Å². The van der Waals surface area contributed by atoms with Crippen LogP contribution in [0.4, 0.5) is 0 Å². The first kappa shape index (κ1) is 12.1. The van der Waals surface area contributed by atoms with Crippen molar-refractivity contribution in [2.75, 3.05) is 0 Å².